The molecule has 0 radical (unpaired) electrons. The maximum Gasteiger partial charge on any atom is 0.0798 e. The van der Waals surface area contributed by atoms with Gasteiger partial charge in [-0.1, -0.05) is 30.3 Å². The summed E-state index contributed by atoms with van der Waals surface area (Å²) >= 11 is 1.70. The van der Waals surface area contributed by atoms with Crippen LogP contribution in [0.3, 0.4) is 0 Å². The van der Waals surface area contributed by atoms with Crippen LogP contribution < -0.4 is 0 Å². The third kappa shape index (κ3) is 3.84. The van der Waals surface area contributed by atoms with E-state index in [1.54, 1.807) is 18.0 Å². The second kappa shape index (κ2) is 6.25. The molecular weight excluding hydrogens is 212 g/mol. The van der Waals surface area contributed by atoms with E-state index >= 15 is 0 Å². The first-order valence-corrected chi connectivity index (χ1v) is 7.54. The first-order chi connectivity index (χ1) is 6.74. The van der Waals surface area contributed by atoms with Crippen molar-refractivity contribution in [3.05, 3.63) is 35.9 Å². The van der Waals surface area contributed by atoms with Gasteiger partial charge in [-0.2, -0.15) is 0 Å². The molecule has 0 spiro atoms. The summed E-state index contributed by atoms with van der Waals surface area (Å²) in [5, 5.41) is 0. The van der Waals surface area contributed by atoms with Crippen molar-refractivity contribution in [2.75, 3.05) is 12.5 Å². The van der Waals surface area contributed by atoms with E-state index in [-0.39, 0.29) is 4.58 Å². The second-order valence-electron chi connectivity index (χ2n) is 3.19. The summed E-state index contributed by atoms with van der Waals surface area (Å²) in [5.41, 5.74) is 1.33. The lowest BCUT2D eigenvalue weighted by Gasteiger charge is -2.10. The molecule has 0 N–H and O–H groups in total. The summed E-state index contributed by atoms with van der Waals surface area (Å²) in [6, 6.07) is 10.4. The van der Waals surface area contributed by atoms with Gasteiger partial charge in [-0.05, 0) is 24.7 Å². The molecule has 2 atom stereocenters. The van der Waals surface area contributed by atoms with Gasteiger partial charge in [0.25, 0.3) is 0 Å². The molecular formula is C11H16OS2. The third-order valence-corrected chi connectivity index (χ3v) is 5.27. The zero-order valence-corrected chi connectivity index (χ0v) is 10.2. The summed E-state index contributed by atoms with van der Waals surface area (Å²) < 4.78 is 11.6. The van der Waals surface area contributed by atoms with E-state index in [4.69, 9.17) is 0 Å². The first-order valence-electron chi connectivity index (χ1n) is 4.63. The summed E-state index contributed by atoms with van der Waals surface area (Å²) in [6.45, 7) is 0. The molecule has 78 valence electrons. The molecule has 0 bridgehead atoms. The van der Waals surface area contributed by atoms with Crippen molar-refractivity contribution in [3.63, 3.8) is 0 Å². The molecule has 1 aromatic carbocycles. The molecule has 0 saturated heterocycles. The predicted molar refractivity (Wildman–Crippen MR) is 66.1 cm³/mol. The zero-order valence-electron chi connectivity index (χ0n) is 8.60. The van der Waals surface area contributed by atoms with Crippen LogP contribution in [0, 0.1) is 0 Å². The minimum absolute atomic E-state index is 0.273. The van der Waals surface area contributed by atoms with Crippen molar-refractivity contribution in [2.24, 2.45) is 0 Å². The van der Waals surface area contributed by atoms with Crippen molar-refractivity contribution in [1.29, 1.82) is 0 Å². The van der Waals surface area contributed by atoms with Gasteiger partial charge in [0, 0.05) is 17.1 Å². The highest BCUT2D eigenvalue weighted by atomic mass is 32.2. The average molecular weight is 228 g/mol. The minimum Gasteiger partial charge on any atom is -0.259 e. The number of hydrogen-bond acceptors (Lipinski definition) is 2. The molecule has 3 heteroatoms. The van der Waals surface area contributed by atoms with Gasteiger partial charge in [-0.25, -0.2) is 0 Å². The molecule has 1 rings (SSSR count). The molecule has 0 aliphatic carbocycles. The fourth-order valence-corrected chi connectivity index (χ4v) is 3.24. The standard InChI is InChI=1S/C11H16OS2/c1-13-11(14(2)12)9-8-10-6-4-3-5-7-10/h3-7,11H,8-9H2,1-2H3. The lowest BCUT2D eigenvalue weighted by atomic mass is 10.1. The van der Waals surface area contributed by atoms with Gasteiger partial charge in [-0.15, -0.1) is 11.8 Å². The largest absolute Gasteiger partial charge is 0.259 e. The van der Waals surface area contributed by atoms with Crippen LogP contribution >= 0.6 is 11.8 Å². The van der Waals surface area contributed by atoms with Crippen LogP contribution in [0.2, 0.25) is 0 Å². The van der Waals surface area contributed by atoms with E-state index in [9.17, 15) is 4.21 Å². The summed E-state index contributed by atoms with van der Waals surface area (Å²) in [6.07, 6.45) is 5.82. The molecule has 1 aromatic rings. The van der Waals surface area contributed by atoms with Crippen molar-refractivity contribution in [2.45, 2.75) is 17.4 Å². The van der Waals surface area contributed by atoms with E-state index in [2.05, 4.69) is 12.1 Å². The number of rotatable bonds is 5. The van der Waals surface area contributed by atoms with Crippen molar-refractivity contribution in [1.82, 2.24) is 0 Å². The van der Waals surface area contributed by atoms with Gasteiger partial charge in [0.2, 0.25) is 0 Å². The highest BCUT2D eigenvalue weighted by Gasteiger charge is 2.10. The molecule has 0 amide bonds. The third-order valence-electron chi connectivity index (χ3n) is 2.14. The van der Waals surface area contributed by atoms with Gasteiger partial charge in [0.15, 0.2) is 0 Å². The Balaban J connectivity index is 2.44. The molecule has 1 nitrogen and oxygen atoms in total. The van der Waals surface area contributed by atoms with Crippen molar-refractivity contribution >= 4 is 22.6 Å². The lowest BCUT2D eigenvalue weighted by molar-refractivity contribution is 0.681. The van der Waals surface area contributed by atoms with Crippen LogP contribution in [-0.2, 0) is 17.2 Å². The zero-order chi connectivity index (χ0) is 10.4. The van der Waals surface area contributed by atoms with E-state index in [0.29, 0.717) is 0 Å². The number of aryl methyl sites for hydroxylation is 1. The first kappa shape index (κ1) is 11.8. The molecule has 0 aliphatic heterocycles. The Morgan fingerprint density at radius 1 is 1.36 bits per heavy atom. The predicted octanol–water partition coefficient (Wildman–Crippen LogP) is 2.69. The number of hydrogen-bond donors (Lipinski definition) is 0. The van der Waals surface area contributed by atoms with Crippen LogP contribution in [0.15, 0.2) is 30.3 Å². The molecule has 0 aliphatic rings. The Bertz CT molecular complexity index is 285. The topological polar surface area (TPSA) is 17.1 Å². The highest BCUT2D eigenvalue weighted by molar-refractivity contribution is 8.10. The molecule has 0 aromatic heterocycles. The summed E-state index contributed by atoms with van der Waals surface area (Å²) in [5.74, 6) is 0. The Labute approximate surface area is 92.8 Å². The summed E-state index contributed by atoms with van der Waals surface area (Å²) in [4.78, 5) is 0. The molecule has 0 fully saturated rings. The molecule has 0 saturated carbocycles. The van der Waals surface area contributed by atoms with Crippen LogP contribution in [0.5, 0.6) is 0 Å². The molecule has 14 heavy (non-hydrogen) atoms. The van der Waals surface area contributed by atoms with Gasteiger partial charge in [-0.3, -0.25) is 4.21 Å². The summed E-state index contributed by atoms with van der Waals surface area (Å²) in [7, 11) is -0.714. The quantitative estimate of drug-likeness (QED) is 0.771. The van der Waals surface area contributed by atoms with Crippen molar-refractivity contribution < 1.29 is 4.21 Å². The van der Waals surface area contributed by atoms with Gasteiger partial charge in [0.05, 0.1) is 4.58 Å². The Morgan fingerprint density at radius 3 is 2.50 bits per heavy atom. The van der Waals surface area contributed by atoms with E-state index < -0.39 is 10.8 Å². The second-order valence-corrected chi connectivity index (χ2v) is 6.09. The normalized spacial score (nSPS) is 15.0. The van der Waals surface area contributed by atoms with Crippen LogP contribution in [0.1, 0.15) is 12.0 Å². The fourth-order valence-electron chi connectivity index (χ4n) is 1.35. The lowest BCUT2D eigenvalue weighted by Crippen LogP contribution is -2.09. The maximum absolute atomic E-state index is 11.3. The SMILES string of the molecule is CSC(CCc1ccccc1)S(C)=O. The highest BCUT2D eigenvalue weighted by Crippen LogP contribution is 2.17. The van der Waals surface area contributed by atoms with Crippen LogP contribution in [0.4, 0.5) is 0 Å². The number of benzene rings is 1. The molecule has 2 unspecified atom stereocenters. The van der Waals surface area contributed by atoms with Gasteiger partial charge < -0.3 is 0 Å². The van der Waals surface area contributed by atoms with Gasteiger partial charge >= 0.3 is 0 Å². The van der Waals surface area contributed by atoms with Crippen molar-refractivity contribution in [3.8, 4) is 0 Å². The monoisotopic (exact) mass is 228 g/mol. The molecule has 0 heterocycles. The number of thioether (sulfide) groups is 1. The Hall–Kier alpha value is -0.280. The smallest absolute Gasteiger partial charge is 0.0798 e. The van der Waals surface area contributed by atoms with E-state index in [1.165, 1.54) is 5.56 Å². The fraction of sp³-hybridized carbons (Fsp3) is 0.455. The van der Waals surface area contributed by atoms with Crippen LogP contribution in [-0.4, -0.2) is 21.3 Å². The Morgan fingerprint density at radius 2 is 2.00 bits per heavy atom. The maximum atomic E-state index is 11.3. The van der Waals surface area contributed by atoms with Gasteiger partial charge in [0.1, 0.15) is 0 Å². The average Bonchev–Trinajstić information content (AvgIpc) is 2.20. The Kier molecular flexibility index (Phi) is 5.26. The van der Waals surface area contributed by atoms with Crippen LogP contribution in [0.25, 0.3) is 0 Å². The minimum atomic E-state index is -0.714. The van der Waals surface area contributed by atoms with E-state index in [1.807, 2.05) is 24.5 Å². The van der Waals surface area contributed by atoms with E-state index in [0.717, 1.165) is 12.8 Å².